The number of esters is 1. The van der Waals surface area contributed by atoms with Crippen molar-refractivity contribution in [3.63, 3.8) is 0 Å². The van der Waals surface area contributed by atoms with Crippen LogP contribution in [0.25, 0.3) is 0 Å². The molecule has 0 spiro atoms. The van der Waals surface area contributed by atoms with Gasteiger partial charge in [-0.1, -0.05) is 37.8 Å². The number of fused-ring (bicyclic) bond motifs is 2. The maximum atomic E-state index is 14.3. The fourth-order valence-corrected chi connectivity index (χ4v) is 3.51. The van der Waals surface area contributed by atoms with E-state index in [9.17, 15) is 28.4 Å². The number of nitrogens with zero attached hydrogens (tertiary/aromatic N) is 1. The highest BCUT2D eigenvalue weighted by molar-refractivity contribution is 8.11. The quantitative estimate of drug-likeness (QED) is 0.169. The van der Waals surface area contributed by atoms with Crippen molar-refractivity contribution in [1.29, 1.82) is 0 Å². The van der Waals surface area contributed by atoms with Crippen LogP contribution in [0.15, 0.2) is 36.1 Å². The number of ether oxygens (including phenoxy) is 1. The Balaban J connectivity index is 2.39. The molecule has 0 saturated heterocycles. The van der Waals surface area contributed by atoms with Crippen LogP contribution in [0.2, 0.25) is 0 Å². The zero-order chi connectivity index (χ0) is 26.7. The van der Waals surface area contributed by atoms with Crippen LogP contribution in [0.4, 0.5) is 4.39 Å². The van der Waals surface area contributed by atoms with E-state index >= 15 is 0 Å². The molecule has 10 nitrogen and oxygen atoms in total. The minimum atomic E-state index is -1.10. The molecule has 0 saturated carbocycles. The van der Waals surface area contributed by atoms with Gasteiger partial charge < -0.3 is 20.7 Å². The number of thioether (sulfide) groups is 1. The average molecular weight is 521 g/mol. The molecule has 0 fully saturated rings. The number of hydrogen-bond donors (Lipinski definition) is 3. The van der Waals surface area contributed by atoms with Crippen LogP contribution in [0, 0.1) is 11.7 Å². The highest BCUT2D eigenvalue weighted by Gasteiger charge is 2.30. The summed E-state index contributed by atoms with van der Waals surface area (Å²) in [7, 11) is 0. The zero-order valence-corrected chi connectivity index (χ0v) is 21.0. The molecule has 3 N–H and O–H groups in total. The van der Waals surface area contributed by atoms with Crippen LogP contribution < -0.4 is 16.0 Å². The van der Waals surface area contributed by atoms with E-state index in [4.69, 9.17) is 4.74 Å². The van der Waals surface area contributed by atoms with Gasteiger partial charge in [0.05, 0.1) is 18.7 Å². The lowest BCUT2D eigenvalue weighted by atomic mass is 10.0. The van der Waals surface area contributed by atoms with Gasteiger partial charge in [-0.05, 0) is 37.5 Å². The Hall–Kier alpha value is -3.54. The van der Waals surface area contributed by atoms with Gasteiger partial charge in [-0.3, -0.25) is 19.2 Å². The predicted molar refractivity (Wildman–Crippen MR) is 131 cm³/mol. The van der Waals surface area contributed by atoms with Crippen molar-refractivity contribution in [1.82, 2.24) is 20.9 Å². The fraction of sp³-hybridized carbons (Fsp3) is 0.417. The number of aromatic nitrogens is 1. The summed E-state index contributed by atoms with van der Waals surface area (Å²) < 4.78 is 19.8. The molecule has 1 aromatic heterocycles. The fourth-order valence-electron chi connectivity index (χ4n) is 3.15. The summed E-state index contributed by atoms with van der Waals surface area (Å²) in [6.45, 7) is 4.77. The van der Waals surface area contributed by atoms with Crippen molar-refractivity contribution in [3.05, 3.63) is 53.3 Å². The summed E-state index contributed by atoms with van der Waals surface area (Å²) in [4.78, 5) is 65.4. The second-order valence-corrected chi connectivity index (χ2v) is 9.06. The van der Waals surface area contributed by atoms with E-state index in [1.165, 1.54) is 19.1 Å². The molecule has 2 rings (SSSR count). The smallest absolute Gasteiger partial charge is 0.329 e. The molecule has 0 aliphatic carbocycles. The van der Waals surface area contributed by atoms with E-state index in [2.05, 4.69) is 20.9 Å². The van der Waals surface area contributed by atoms with Gasteiger partial charge in [0.2, 0.25) is 5.91 Å². The van der Waals surface area contributed by atoms with Crippen molar-refractivity contribution in [2.75, 3.05) is 5.75 Å². The molecule has 1 aromatic rings. The van der Waals surface area contributed by atoms with Crippen LogP contribution in [-0.2, 0) is 30.5 Å². The van der Waals surface area contributed by atoms with Gasteiger partial charge >= 0.3 is 5.97 Å². The maximum absolute atomic E-state index is 14.3. The largest absolute Gasteiger partial charge is 0.456 e. The number of allylic oxidation sites excluding steroid dienone is 2. The molecule has 2 heterocycles. The van der Waals surface area contributed by atoms with E-state index < -0.39 is 53.3 Å². The van der Waals surface area contributed by atoms with Gasteiger partial charge in [0.25, 0.3) is 11.8 Å². The summed E-state index contributed by atoms with van der Waals surface area (Å²) in [5, 5.41) is 7.46. The second kappa shape index (κ2) is 14.1. The summed E-state index contributed by atoms with van der Waals surface area (Å²) in [6.07, 6.45) is 3.90. The Kier molecular flexibility index (Phi) is 11.3. The van der Waals surface area contributed by atoms with Crippen LogP contribution in [0.1, 0.15) is 49.8 Å². The van der Waals surface area contributed by atoms with Crippen LogP contribution in [0.5, 0.6) is 0 Å². The van der Waals surface area contributed by atoms with E-state index in [1.54, 1.807) is 26.0 Å². The van der Waals surface area contributed by atoms with Crippen molar-refractivity contribution >= 4 is 41.1 Å². The topological polar surface area (TPSA) is 144 Å². The van der Waals surface area contributed by atoms with Gasteiger partial charge in [-0.2, -0.15) is 0 Å². The number of hydrogen-bond acceptors (Lipinski definition) is 8. The summed E-state index contributed by atoms with van der Waals surface area (Å²) in [5.74, 6) is -3.76. The molecule has 2 atom stereocenters. The minimum absolute atomic E-state index is 0.106. The first-order valence-corrected chi connectivity index (χ1v) is 12.3. The lowest BCUT2D eigenvalue weighted by Gasteiger charge is -2.24. The maximum Gasteiger partial charge on any atom is 0.329 e. The number of cyclic esters (lactones) is 1. The highest BCUT2D eigenvalue weighted by atomic mass is 32.2. The van der Waals surface area contributed by atoms with Gasteiger partial charge in [0.1, 0.15) is 17.8 Å². The van der Waals surface area contributed by atoms with E-state index in [0.29, 0.717) is 12.2 Å². The van der Waals surface area contributed by atoms with Crippen molar-refractivity contribution in [2.24, 2.45) is 5.92 Å². The Labute approximate surface area is 212 Å². The first-order valence-electron chi connectivity index (χ1n) is 11.3. The van der Waals surface area contributed by atoms with E-state index in [1.807, 2.05) is 0 Å². The van der Waals surface area contributed by atoms with Gasteiger partial charge in [0, 0.05) is 5.75 Å². The number of carbonyl (C=O) groups excluding carboxylic acids is 5. The molecule has 194 valence electrons. The standard InChI is InChI=1S/C24H29FN4O6S/c1-4-18-22(32)29-20(14(2)3)24(34)35-16(7-5-6-10-36-13-30)11-19(31)26-12-15-8-9-17(25)21(27-15)23(33)28-18/h4-5,7-9,13-14,16,20H,6,10-12H2,1-3H3,(H,26,31)(H,28,33)(H,29,32)/b7-5+,18-4-/t16-,20+/m1/s1. The molecule has 12 heteroatoms. The lowest BCUT2D eigenvalue weighted by Crippen LogP contribution is -2.48. The molecule has 0 aromatic carbocycles. The summed E-state index contributed by atoms with van der Waals surface area (Å²) >= 11 is 1.09. The van der Waals surface area contributed by atoms with Crippen molar-refractivity contribution in [3.8, 4) is 0 Å². The Morgan fingerprint density at radius 3 is 2.64 bits per heavy atom. The van der Waals surface area contributed by atoms with Crippen LogP contribution in [-0.4, -0.2) is 52.2 Å². The normalized spacial score (nSPS) is 21.2. The third-order valence-corrected chi connectivity index (χ3v) is 5.66. The molecular weight excluding hydrogens is 491 g/mol. The third kappa shape index (κ3) is 8.59. The number of pyridine rings is 1. The highest BCUT2D eigenvalue weighted by Crippen LogP contribution is 2.13. The molecule has 3 amide bonds. The summed E-state index contributed by atoms with van der Waals surface area (Å²) in [6, 6.07) is 1.26. The number of amides is 3. The minimum Gasteiger partial charge on any atom is -0.456 e. The first kappa shape index (κ1) is 28.7. The Morgan fingerprint density at radius 2 is 1.97 bits per heavy atom. The van der Waals surface area contributed by atoms with Crippen molar-refractivity contribution < 1.29 is 33.1 Å². The molecular formula is C24H29FN4O6S. The monoisotopic (exact) mass is 520 g/mol. The number of halogens is 1. The second-order valence-electron chi connectivity index (χ2n) is 8.12. The zero-order valence-electron chi connectivity index (χ0n) is 20.2. The third-order valence-electron chi connectivity index (χ3n) is 5.05. The first-order chi connectivity index (χ1) is 17.2. The van der Waals surface area contributed by atoms with E-state index in [0.717, 1.165) is 23.4 Å². The SMILES string of the molecule is C/C=C1\NC(=O)c2nc(ccc2F)CNC(=O)C[C@@H](/C=C/CCSC=O)OC(=O)[C@H](C(C)C)NC1=O. The van der Waals surface area contributed by atoms with E-state index in [-0.39, 0.29) is 24.4 Å². The Bertz CT molecular complexity index is 1060. The summed E-state index contributed by atoms with van der Waals surface area (Å²) in [5.41, 5.74) is 0.188. The lowest BCUT2D eigenvalue weighted by molar-refractivity contribution is -0.153. The molecule has 1 aliphatic rings. The molecule has 2 bridgehead atoms. The average Bonchev–Trinajstić information content (AvgIpc) is 2.83. The number of carbonyl (C=O) groups is 5. The molecule has 36 heavy (non-hydrogen) atoms. The van der Waals surface area contributed by atoms with Gasteiger partial charge in [-0.15, -0.1) is 0 Å². The number of rotatable bonds is 6. The van der Waals surface area contributed by atoms with Gasteiger partial charge in [0.15, 0.2) is 17.1 Å². The Morgan fingerprint density at radius 1 is 1.22 bits per heavy atom. The number of nitrogens with one attached hydrogen (secondary N) is 3. The molecule has 0 unspecified atom stereocenters. The van der Waals surface area contributed by atoms with Crippen molar-refractivity contribution in [2.45, 2.75) is 52.3 Å². The van der Waals surface area contributed by atoms with Gasteiger partial charge in [-0.25, -0.2) is 14.2 Å². The van der Waals surface area contributed by atoms with Crippen LogP contribution in [0.3, 0.4) is 0 Å². The van der Waals surface area contributed by atoms with Crippen LogP contribution >= 0.6 is 11.8 Å². The molecule has 0 radical (unpaired) electrons. The molecule has 1 aliphatic heterocycles. The predicted octanol–water partition coefficient (Wildman–Crippen LogP) is 1.80.